The van der Waals surface area contributed by atoms with Gasteiger partial charge in [-0.1, -0.05) is 56.2 Å². The Bertz CT molecular complexity index is 1040. The predicted molar refractivity (Wildman–Crippen MR) is 109 cm³/mol. The van der Waals surface area contributed by atoms with E-state index in [1.807, 2.05) is 12.1 Å². The van der Waals surface area contributed by atoms with Crippen molar-refractivity contribution in [3.63, 3.8) is 0 Å². The van der Waals surface area contributed by atoms with E-state index in [0.29, 0.717) is 0 Å². The van der Waals surface area contributed by atoms with Crippen LogP contribution >= 0.6 is 0 Å². The lowest BCUT2D eigenvalue weighted by Crippen LogP contribution is -1.88. The van der Waals surface area contributed by atoms with Crippen molar-refractivity contribution < 1.29 is 9.15 Å². The summed E-state index contributed by atoms with van der Waals surface area (Å²) in [5.74, 6) is 1.90. The molecule has 0 radical (unpaired) electrons. The zero-order chi connectivity index (χ0) is 17.9. The summed E-state index contributed by atoms with van der Waals surface area (Å²) in [6, 6.07) is 21.1. The molecule has 2 heteroatoms. The first-order chi connectivity index (χ1) is 12.8. The number of para-hydroxylation sites is 1. The lowest BCUT2D eigenvalue weighted by molar-refractivity contribution is 0.415. The van der Waals surface area contributed by atoms with Crippen LogP contribution in [0.2, 0.25) is 0 Å². The molecule has 26 heavy (non-hydrogen) atoms. The summed E-state index contributed by atoms with van der Waals surface area (Å²) in [5, 5.41) is 3.62. The fraction of sp³-hybridized carbons (Fsp3) is 0.250. The van der Waals surface area contributed by atoms with Gasteiger partial charge in [-0.3, -0.25) is 0 Å². The molecular weight excluding hydrogens is 320 g/mol. The van der Waals surface area contributed by atoms with Gasteiger partial charge in [0.15, 0.2) is 0 Å². The second-order valence-corrected chi connectivity index (χ2v) is 6.79. The molecule has 0 unspecified atom stereocenters. The maximum atomic E-state index is 6.29. The lowest BCUT2D eigenvalue weighted by Gasteiger charge is -2.07. The Labute approximate surface area is 154 Å². The topological polar surface area (TPSA) is 22.4 Å². The monoisotopic (exact) mass is 344 g/mol. The fourth-order valence-electron chi connectivity index (χ4n) is 3.62. The summed E-state index contributed by atoms with van der Waals surface area (Å²) in [6.45, 7) is 2.24. The Kier molecular flexibility index (Phi) is 4.66. The molecule has 2 nitrogen and oxygen atoms in total. The normalized spacial score (nSPS) is 11.3. The van der Waals surface area contributed by atoms with Crippen LogP contribution < -0.4 is 4.74 Å². The summed E-state index contributed by atoms with van der Waals surface area (Å²) >= 11 is 0. The summed E-state index contributed by atoms with van der Waals surface area (Å²) < 4.78 is 11.6. The predicted octanol–water partition coefficient (Wildman–Crippen LogP) is 6.99. The average molecular weight is 344 g/mol. The molecule has 0 fully saturated rings. The lowest BCUT2D eigenvalue weighted by atomic mass is 9.98. The maximum Gasteiger partial charge on any atom is 0.138 e. The molecule has 1 heterocycles. The third-order valence-corrected chi connectivity index (χ3v) is 5.04. The van der Waals surface area contributed by atoms with E-state index >= 15 is 0 Å². The average Bonchev–Trinajstić information content (AvgIpc) is 3.06. The molecule has 3 aromatic carbocycles. The SMILES string of the molecule is CCCCCc1c(-c2ccc3cc(OC)ccc3c2)oc2ccccc12. The Morgan fingerprint density at radius 1 is 0.885 bits per heavy atom. The van der Waals surface area contributed by atoms with Crippen molar-refractivity contribution in [2.75, 3.05) is 7.11 Å². The first kappa shape index (κ1) is 16.7. The van der Waals surface area contributed by atoms with Gasteiger partial charge < -0.3 is 9.15 Å². The van der Waals surface area contributed by atoms with Crippen LogP contribution in [0.3, 0.4) is 0 Å². The molecule has 0 saturated heterocycles. The number of ether oxygens (including phenoxy) is 1. The number of aryl methyl sites for hydroxylation is 1. The number of hydrogen-bond donors (Lipinski definition) is 0. The number of furan rings is 1. The second kappa shape index (κ2) is 7.25. The van der Waals surface area contributed by atoms with Crippen molar-refractivity contribution >= 4 is 21.7 Å². The van der Waals surface area contributed by atoms with E-state index in [1.54, 1.807) is 7.11 Å². The van der Waals surface area contributed by atoms with E-state index < -0.39 is 0 Å². The molecule has 4 rings (SSSR count). The molecule has 0 spiro atoms. The van der Waals surface area contributed by atoms with Crippen molar-refractivity contribution in [1.29, 1.82) is 0 Å². The van der Waals surface area contributed by atoms with Gasteiger partial charge in [0.05, 0.1) is 7.11 Å². The Morgan fingerprint density at radius 2 is 1.69 bits per heavy atom. The minimum Gasteiger partial charge on any atom is -0.497 e. The van der Waals surface area contributed by atoms with E-state index in [-0.39, 0.29) is 0 Å². The first-order valence-electron chi connectivity index (χ1n) is 9.38. The van der Waals surface area contributed by atoms with Gasteiger partial charge in [0, 0.05) is 16.5 Å². The van der Waals surface area contributed by atoms with Crippen LogP contribution in [0.4, 0.5) is 0 Å². The maximum absolute atomic E-state index is 6.29. The highest BCUT2D eigenvalue weighted by Gasteiger charge is 2.15. The van der Waals surface area contributed by atoms with Gasteiger partial charge in [-0.25, -0.2) is 0 Å². The van der Waals surface area contributed by atoms with E-state index in [0.717, 1.165) is 29.1 Å². The van der Waals surface area contributed by atoms with Gasteiger partial charge in [-0.05, 0) is 47.9 Å². The van der Waals surface area contributed by atoms with Crippen LogP contribution in [0.25, 0.3) is 33.1 Å². The smallest absolute Gasteiger partial charge is 0.138 e. The van der Waals surface area contributed by atoms with E-state index in [4.69, 9.17) is 9.15 Å². The standard InChI is InChI=1S/C24H24O2/c1-3-4-5-9-22-21-8-6-7-10-23(21)26-24(22)19-12-11-18-16-20(25-2)14-13-17(18)15-19/h6-8,10-16H,3-5,9H2,1-2H3. The largest absolute Gasteiger partial charge is 0.497 e. The highest BCUT2D eigenvalue weighted by Crippen LogP contribution is 2.36. The van der Waals surface area contributed by atoms with Gasteiger partial charge in [-0.2, -0.15) is 0 Å². The van der Waals surface area contributed by atoms with Gasteiger partial charge in [0.25, 0.3) is 0 Å². The fourth-order valence-corrected chi connectivity index (χ4v) is 3.62. The third-order valence-electron chi connectivity index (χ3n) is 5.04. The molecule has 0 saturated carbocycles. The molecular formula is C24H24O2. The molecule has 0 aliphatic carbocycles. The summed E-state index contributed by atoms with van der Waals surface area (Å²) in [6.07, 6.45) is 4.72. The van der Waals surface area contributed by atoms with Crippen molar-refractivity contribution in [2.24, 2.45) is 0 Å². The Morgan fingerprint density at radius 3 is 2.54 bits per heavy atom. The Hall–Kier alpha value is -2.74. The minimum atomic E-state index is 0.884. The van der Waals surface area contributed by atoms with Crippen LogP contribution in [0.1, 0.15) is 31.7 Å². The first-order valence-corrected chi connectivity index (χ1v) is 9.38. The van der Waals surface area contributed by atoms with E-state index in [1.165, 1.54) is 41.0 Å². The highest BCUT2D eigenvalue weighted by molar-refractivity contribution is 5.92. The Balaban J connectivity index is 1.82. The van der Waals surface area contributed by atoms with Crippen LogP contribution in [0, 0.1) is 0 Å². The summed E-state index contributed by atoms with van der Waals surface area (Å²) in [4.78, 5) is 0. The molecule has 0 amide bonds. The molecule has 0 atom stereocenters. The van der Waals surface area contributed by atoms with Crippen LogP contribution in [-0.2, 0) is 6.42 Å². The van der Waals surface area contributed by atoms with Crippen molar-refractivity contribution in [1.82, 2.24) is 0 Å². The van der Waals surface area contributed by atoms with Gasteiger partial charge in [0.1, 0.15) is 17.1 Å². The van der Waals surface area contributed by atoms with E-state index in [2.05, 4.69) is 55.5 Å². The van der Waals surface area contributed by atoms with Gasteiger partial charge in [0.2, 0.25) is 0 Å². The van der Waals surface area contributed by atoms with Crippen molar-refractivity contribution in [3.05, 3.63) is 66.2 Å². The number of rotatable bonds is 6. The van der Waals surface area contributed by atoms with Crippen molar-refractivity contribution in [2.45, 2.75) is 32.6 Å². The summed E-state index contributed by atoms with van der Waals surface area (Å²) in [5.41, 5.74) is 3.45. The molecule has 0 aliphatic heterocycles. The van der Waals surface area contributed by atoms with Crippen LogP contribution in [0.5, 0.6) is 5.75 Å². The number of unbranched alkanes of at least 4 members (excludes halogenated alkanes) is 2. The number of benzene rings is 3. The molecule has 0 N–H and O–H groups in total. The summed E-state index contributed by atoms with van der Waals surface area (Å²) in [7, 11) is 1.70. The number of hydrogen-bond acceptors (Lipinski definition) is 2. The van der Waals surface area contributed by atoms with Crippen molar-refractivity contribution in [3.8, 4) is 17.1 Å². The molecule has 1 aromatic heterocycles. The molecule has 0 aliphatic rings. The second-order valence-electron chi connectivity index (χ2n) is 6.79. The molecule has 4 aromatic rings. The van der Waals surface area contributed by atoms with Crippen LogP contribution in [0.15, 0.2) is 65.1 Å². The number of methoxy groups -OCH3 is 1. The number of fused-ring (bicyclic) bond motifs is 2. The van der Waals surface area contributed by atoms with E-state index in [9.17, 15) is 0 Å². The van der Waals surface area contributed by atoms with Crippen LogP contribution in [-0.4, -0.2) is 7.11 Å². The molecule has 132 valence electrons. The minimum absolute atomic E-state index is 0.884. The quantitative estimate of drug-likeness (QED) is 0.352. The zero-order valence-electron chi connectivity index (χ0n) is 15.4. The third kappa shape index (κ3) is 3.08. The zero-order valence-corrected chi connectivity index (χ0v) is 15.4. The molecule has 0 bridgehead atoms. The van der Waals surface area contributed by atoms with Gasteiger partial charge in [-0.15, -0.1) is 0 Å². The van der Waals surface area contributed by atoms with Gasteiger partial charge >= 0.3 is 0 Å². The highest BCUT2D eigenvalue weighted by atomic mass is 16.5.